The fourth-order valence-corrected chi connectivity index (χ4v) is 2.06. The topological polar surface area (TPSA) is 43.8 Å². The number of anilines is 1. The molecular weight excluding hydrogens is 182 g/mol. The number of rotatable bonds is 4. The molecule has 0 fully saturated rings. The zero-order chi connectivity index (χ0) is 9.84. The average Bonchev–Trinajstić information content (AvgIpc) is 2.30. The van der Waals surface area contributed by atoms with Gasteiger partial charge in [0, 0.05) is 12.7 Å². The van der Waals surface area contributed by atoms with Crippen molar-refractivity contribution in [2.75, 3.05) is 17.7 Å². The molecule has 2 N–H and O–H groups in total. The van der Waals surface area contributed by atoms with Gasteiger partial charge in [0.1, 0.15) is 0 Å². The van der Waals surface area contributed by atoms with E-state index in [9.17, 15) is 0 Å². The van der Waals surface area contributed by atoms with Crippen molar-refractivity contribution in [2.45, 2.75) is 20.4 Å². The Morgan fingerprint density at radius 2 is 2.38 bits per heavy atom. The standard InChI is InChI=1S/C9H17N3S/c1-7(6-13-3)4-12-5-8(2)11-9(12)10/h5,7H,4,6H2,1-3H3,(H2,10,11). The van der Waals surface area contributed by atoms with Crippen LogP contribution in [-0.2, 0) is 6.54 Å². The number of nitrogens with zero attached hydrogens (tertiary/aromatic N) is 2. The second-order valence-corrected chi connectivity index (χ2v) is 4.36. The van der Waals surface area contributed by atoms with E-state index in [2.05, 4.69) is 18.2 Å². The number of hydrogen-bond donors (Lipinski definition) is 1. The zero-order valence-electron chi connectivity index (χ0n) is 8.45. The molecule has 1 heterocycles. The molecule has 0 aliphatic heterocycles. The molecule has 0 aliphatic carbocycles. The third-order valence-electron chi connectivity index (χ3n) is 1.89. The molecule has 13 heavy (non-hydrogen) atoms. The van der Waals surface area contributed by atoms with Gasteiger partial charge in [-0.1, -0.05) is 6.92 Å². The van der Waals surface area contributed by atoms with Crippen LogP contribution < -0.4 is 5.73 Å². The summed E-state index contributed by atoms with van der Waals surface area (Å²) in [6.07, 6.45) is 4.13. The summed E-state index contributed by atoms with van der Waals surface area (Å²) in [6.45, 7) is 5.16. The zero-order valence-corrected chi connectivity index (χ0v) is 9.27. The van der Waals surface area contributed by atoms with Crippen LogP contribution in [0, 0.1) is 12.8 Å². The molecule has 4 heteroatoms. The Morgan fingerprint density at radius 1 is 1.69 bits per heavy atom. The highest BCUT2D eigenvalue weighted by Crippen LogP contribution is 2.11. The molecule has 0 bridgehead atoms. The van der Waals surface area contributed by atoms with E-state index in [0.29, 0.717) is 11.9 Å². The molecule has 1 atom stereocenters. The van der Waals surface area contributed by atoms with Crippen LogP contribution in [0.3, 0.4) is 0 Å². The smallest absolute Gasteiger partial charge is 0.200 e. The Hall–Kier alpha value is -0.640. The minimum Gasteiger partial charge on any atom is -0.369 e. The molecule has 0 aliphatic rings. The number of nitrogens with two attached hydrogens (primary N) is 1. The van der Waals surface area contributed by atoms with E-state index >= 15 is 0 Å². The van der Waals surface area contributed by atoms with E-state index < -0.39 is 0 Å². The normalized spacial score (nSPS) is 13.2. The largest absolute Gasteiger partial charge is 0.369 e. The van der Waals surface area contributed by atoms with Gasteiger partial charge >= 0.3 is 0 Å². The molecule has 0 spiro atoms. The lowest BCUT2D eigenvalue weighted by Gasteiger charge is -2.11. The SMILES string of the molecule is CSCC(C)Cn1cc(C)nc1N. The van der Waals surface area contributed by atoms with Crippen molar-refractivity contribution in [1.82, 2.24) is 9.55 Å². The van der Waals surface area contributed by atoms with E-state index in [1.165, 1.54) is 0 Å². The average molecular weight is 199 g/mol. The van der Waals surface area contributed by atoms with Gasteiger partial charge in [0.2, 0.25) is 0 Å². The molecule has 0 radical (unpaired) electrons. The van der Waals surface area contributed by atoms with Crippen LogP contribution in [0.2, 0.25) is 0 Å². The van der Waals surface area contributed by atoms with Gasteiger partial charge in [-0.3, -0.25) is 0 Å². The maximum absolute atomic E-state index is 5.73. The van der Waals surface area contributed by atoms with E-state index in [1.54, 1.807) is 0 Å². The molecule has 0 saturated heterocycles. The Balaban J connectivity index is 2.57. The number of imidazole rings is 1. The maximum Gasteiger partial charge on any atom is 0.200 e. The van der Waals surface area contributed by atoms with Crippen molar-refractivity contribution in [3.63, 3.8) is 0 Å². The third kappa shape index (κ3) is 2.95. The van der Waals surface area contributed by atoms with Crippen LogP contribution in [0.5, 0.6) is 0 Å². The first-order chi connectivity index (χ1) is 6.13. The maximum atomic E-state index is 5.73. The summed E-state index contributed by atoms with van der Waals surface area (Å²) in [4.78, 5) is 4.16. The second kappa shape index (κ2) is 4.56. The van der Waals surface area contributed by atoms with Crippen molar-refractivity contribution in [2.24, 2.45) is 5.92 Å². The monoisotopic (exact) mass is 199 g/mol. The number of hydrogen-bond acceptors (Lipinski definition) is 3. The van der Waals surface area contributed by atoms with Crippen molar-refractivity contribution in [1.29, 1.82) is 0 Å². The highest BCUT2D eigenvalue weighted by Gasteiger charge is 2.06. The number of thioether (sulfide) groups is 1. The van der Waals surface area contributed by atoms with Gasteiger partial charge in [0.15, 0.2) is 5.95 Å². The summed E-state index contributed by atoms with van der Waals surface area (Å²) < 4.78 is 2.02. The van der Waals surface area contributed by atoms with Gasteiger partial charge in [-0.2, -0.15) is 11.8 Å². The Labute approximate surface area is 83.7 Å². The van der Waals surface area contributed by atoms with Crippen LogP contribution in [0.1, 0.15) is 12.6 Å². The van der Waals surface area contributed by atoms with Crippen LogP contribution in [0.4, 0.5) is 5.95 Å². The summed E-state index contributed by atoms with van der Waals surface area (Å²) in [5.41, 5.74) is 6.73. The van der Waals surface area contributed by atoms with Crippen molar-refractivity contribution >= 4 is 17.7 Å². The summed E-state index contributed by atoms with van der Waals surface area (Å²) in [7, 11) is 0. The van der Waals surface area contributed by atoms with Gasteiger partial charge < -0.3 is 10.3 Å². The Bertz CT molecular complexity index is 270. The number of aryl methyl sites for hydroxylation is 1. The lowest BCUT2D eigenvalue weighted by molar-refractivity contribution is 0.536. The molecule has 3 nitrogen and oxygen atoms in total. The quantitative estimate of drug-likeness (QED) is 0.803. The minimum atomic E-state index is 0.630. The number of aromatic nitrogens is 2. The molecule has 0 saturated carbocycles. The first-order valence-electron chi connectivity index (χ1n) is 4.41. The minimum absolute atomic E-state index is 0.630. The van der Waals surface area contributed by atoms with Gasteiger partial charge in [0.05, 0.1) is 5.69 Å². The predicted molar refractivity (Wildman–Crippen MR) is 58.9 cm³/mol. The summed E-state index contributed by atoms with van der Waals surface area (Å²) in [6, 6.07) is 0. The van der Waals surface area contributed by atoms with Crippen LogP contribution in [0.25, 0.3) is 0 Å². The lowest BCUT2D eigenvalue weighted by Crippen LogP contribution is -2.11. The van der Waals surface area contributed by atoms with Crippen LogP contribution >= 0.6 is 11.8 Å². The van der Waals surface area contributed by atoms with Gasteiger partial charge in [-0.05, 0) is 24.9 Å². The third-order valence-corrected chi connectivity index (χ3v) is 2.79. The lowest BCUT2D eigenvalue weighted by atomic mass is 10.2. The van der Waals surface area contributed by atoms with Crippen molar-refractivity contribution in [3.05, 3.63) is 11.9 Å². The molecular formula is C9H17N3S. The summed E-state index contributed by atoms with van der Waals surface area (Å²) in [5, 5.41) is 0. The first-order valence-corrected chi connectivity index (χ1v) is 5.81. The predicted octanol–water partition coefficient (Wildman–Crippen LogP) is 1.77. The van der Waals surface area contributed by atoms with E-state index in [0.717, 1.165) is 18.0 Å². The molecule has 1 unspecified atom stereocenters. The molecule has 0 aromatic carbocycles. The Kier molecular flexibility index (Phi) is 3.66. The van der Waals surface area contributed by atoms with E-state index in [-0.39, 0.29) is 0 Å². The van der Waals surface area contributed by atoms with Crippen molar-refractivity contribution in [3.8, 4) is 0 Å². The van der Waals surface area contributed by atoms with Gasteiger partial charge in [0.25, 0.3) is 0 Å². The highest BCUT2D eigenvalue weighted by atomic mass is 32.2. The summed E-state index contributed by atoms with van der Waals surface area (Å²) >= 11 is 1.87. The van der Waals surface area contributed by atoms with Gasteiger partial charge in [-0.15, -0.1) is 0 Å². The fraction of sp³-hybridized carbons (Fsp3) is 0.667. The van der Waals surface area contributed by atoms with Crippen molar-refractivity contribution < 1.29 is 0 Å². The second-order valence-electron chi connectivity index (χ2n) is 3.45. The van der Waals surface area contributed by atoms with Gasteiger partial charge in [-0.25, -0.2) is 4.98 Å². The first kappa shape index (κ1) is 10.4. The summed E-state index contributed by atoms with van der Waals surface area (Å²) in [5.74, 6) is 2.44. The van der Waals surface area contributed by atoms with Crippen LogP contribution in [0.15, 0.2) is 6.20 Å². The molecule has 74 valence electrons. The molecule has 0 amide bonds. The van der Waals surface area contributed by atoms with Crippen LogP contribution in [-0.4, -0.2) is 21.6 Å². The fourth-order valence-electron chi connectivity index (χ4n) is 1.38. The Morgan fingerprint density at radius 3 is 2.85 bits per heavy atom. The molecule has 1 aromatic heterocycles. The van der Waals surface area contributed by atoms with E-state index in [4.69, 9.17) is 5.73 Å². The molecule has 1 aromatic rings. The molecule has 1 rings (SSSR count). The van der Waals surface area contributed by atoms with E-state index in [1.807, 2.05) is 29.4 Å². The number of nitrogen functional groups attached to an aromatic ring is 1. The highest BCUT2D eigenvalue weighted by molar-refractivity contribution is 7.98.